The molecular weight excluding hydrogens is 202 g/mol. The van der Waals surface area contributed by atoms with Crippen LogP contribution in [0.4, 0.5) is 0 Å². The van der Waals surface area contributed by atoms with Crippen LogP contribution in [0.15, 0.2) is 12.4 Å². The second-order valence-electron chi connectivity index (χ2n) is 3.20. The quantitative estimate of drug-likeness (QED) is 0.384. The third-order valence-electron chi connectivity index (χ3n) is 2.05. The average Bonchev–Trinajstić information content (AvgIpc) is 2.79. The van der Waals surface area contributed by atoms with Crippen molar-refractivity contribution in [1.82, 2.24) is 15.5 Å². The van der Waals surface area contributed by atoms with E-state index in [1.807, 2.05) is 0 Å². The summed E-state index contributed by atoms with van der Waals surface area (Å²) < 4.78 is 0. The molecular formula is C8H13N3O4. The number of amides is 1. The molecule has 5 N–H and O–H groups in total. The minimum absolute atomic E-state index is 0.259. The summed E-state index contributed by atoms with van der Waals surface area (Å²) in [6.45, 7) is -1.66. The first-order valence-electron chi connectivity index (χ1n) is 4.31. The first-order chi connectivity index (χ1) is 7.17. The number of H-pyrrole nitrogens is 1. The lowest BCUT2D eigenvalue weighted by atomic mass is 10.0. The zero-order chi connectivity index (χ0) is 11.3. The lowest BCUT2D eigenvalue weighted by Crippen LogP contribution is -2.57. The van der Waals surface area contributed by atoms with Crippen molar-refractivity contribution in [2.45, 2.75) is 5.54 Å². The third kappa shape index (κ3) is 2.52. The van der Waals surface area contributed by atoms with Crippen LogP contribution >= 0.6 is 0 Å². The van der Waals surface area contributed by atoms with E-state index >= 15 is 0 Å². The van der Waals surface area contributed by atoms with Crippen molar-refractivity contribution in [2.75, 3.05) is 19.8 Å². The fourth-order valence-corrected chi connectivity index (χ4v) is 0.957. The van der Waals surface area contributed by atoms with E-state index in [1.54, 1.807) is 0 Å². The Bertz CT molecular complexity index is 299. The summed E-state index contributed by atoms with van der Waals surface area (Å²) in [5, 5.41) is 35.3. The van der Waals surface area contributed by atoms with Crippen LogP contribution in [0.3, 0.4) is 0 Å². The van der Waals surface area contributed by atoms with Gasteiger partial charge in [-0.3, -0.25) is 9.89 Å². The largest absolute Gasteiger partial charge is 0.394 e. The van der Waals surface area contributed by atoms with Crippen LogP contribution in [0.25, 0.3) is 0 Å². The fraction of sp³-hybridized carbons (Fsp3) is 0.500. The molecule has 0 saturated carbocycles. The van der Waals surface area contributed by atoms with Crippen molar-refractivity contribution in [2.24, 2.45) is 0 Å². The van der Waals surface area contributed by atoms with Crippen LogP contribution in [0.5, 0.6) is 0 Å². The molecule has 1 aromatic rings. The molecule has 7 nitrogen and oxygen atoms in total. The van der Waals surface area contributed by atoms with E-state index in [-0.39, 0.29) is 5.56 Å². The molecule has 0 spiro atoms. The Kier molecular flexibility index (Phi) is 3.78. The zero-order valence-corrected chi connectivity index (χ0v) is 7.97. The van der Waals surface area contributed by atoms with Gasteiger partial charge in [0, 0.05) is 6.20 Å². The molecule has 0 aliphatic rings. The normalized spacial score (nSPS) is 11.4. The van der Waals surface area contributed by atoms with Gasteiger partial charge >= 0.3 is 0 Å². The van der Waals surface area contributed by atoms with Gasteiger partial charge in [0.1, 0.15) is 5.54 Å². The molecule has 0 aromatic carbocycles. The minimum atomic E-state index is -1.41. The van der Waals surface area contributed by atoms with Crippen LogP contribution in [0, 0.1) is 0 Å². The highest BCUT2D eigenvalue weighted by Gasteiger charge is 2.30. The maximum atomic E-state index is 11.5. The fourth-order valence-electron chi connectivity index (χ4n) is 0.957. The van der Waals surface area contributed by atoms with E-state index in [4.69, 9.17) is 15.3 Å². The Morgan fingerprint density at radius 2 is 2.00 bits per heavy atom. The topological polar surface area (TPSA) is 118 Å². The van der Waals surface area contributed by atoms with Crippen molar-refractivity contribution >= 4 is 5.91 Å². The summed E-state index contributed by atoms with van der Waals surface area (Å²) in [6.07, 6.45) is 2.67. The standard InChI is InChI=1S/C8H13N3O4/c12-3-8(4-13,5-14)11-7(15)6-1-9-10-2-6/h1-2,12-14H,3-5H2,(H,9,10)(H,11,15). The summed E-state index contributed by atoms with van der Waals surface area (Å²) in [4.78, 5) is 11.5. The number of carbonyl (C=O) groups excluding carboxylic acids is 1. The number of carbonyl (C=O) groups is 1. The molecule has 1 rings (SSSR count). The number of aromatic nitrogens is 2. The van der Waals surface area contributed by atoms with E-state index < -0.39 is 31.3 Å². The highest BCUT2D eigenvalue weighted by atomic mass is 16.3. The van der Waals surface area contributed by atoms with Gasteiger partial charge in [-0.2, -0.15) is 5.10 Å². The molecule has 1 aromatic heterocycles. The van der Waals surface area contributed by atoms with E-state index in [9.17, 15) is 4.79 Å². The first-order valence-corrected chi connectivity index (χ1v) is 4.31. The van der Waals surface area contributed by atoms with Gasteiger partial charge in [0.2, 0.25) is 0 Å². The lowest BCUT2D eigenvalue weighted by molar-refractivity contribution is 0.0375. The summed E-state index contributed by atoms with van der Waals surface area (Å²) in [5.41, 5.74) is -1.15. The van der Waals surface area contributed by atoms with Gasteiger partial charge in [-0.1, -0.05) is 0 Å². The number of aliphatic hydroxyl groups excluding tert-OH is 3. The predicted octanol–water partition coefficient (Wildman–Crippen LogP) is -2.14. The van der Waals surface area contributed by atoms with Gasteiger partial charge in [0.15, 0.2) is 0 Å². The smallest absolute Gasteiger partial charge is 0.255 e. The van der Waals surface area contributed by atoms with Crippen LogP contribution in [-0.4, -0.2) is 56.8 Å². The molecule has 0 aliphatic heterocycles. The van der Waals surface area contributed by atoms with Crippen molar-refractivity contribution in [3.8, 4) is 0 Å². The van der Waals surface area contributed by atoms with Gasteiger partial charge in [-0.15, -0.1) is 0 Å². The molecule has 0 fully saturated rings. The molecule has 0 radical (unpaired) electrons. The van der Waals surface area contributed by atoms with Crippen molar-refractivity contribution in [3.63, 3.8) is 0 Å². The van der Waals surface area contributed by atoms with E-state index in [0.717, 1.165) is 0 Å². The predicted molar refractivity (Wildman–Crippen MR) is 50.0 cm³/mol. The third-order valence-corrected chi connectivity index (χ3v) is 2.05. The Morgan fingerprint density at radius 1 is 1.40 bits per heavy atom. The average molecular weight is 215 g/mol. The van der Waals surface area contributed by atoms with Gasteiger partial charge in [0.05, 0.1) is 31.6 Å². The Labute approximate surface area is 85.7 Å². The van der Waals surface area contributed by atoms with E-state index in [1.165, 1.54) is 12.4 Å². The molecule has 0 bridgehead atoms. The van der Waals surface area contributed by atoms with Crippen molar-refractivity contribution in [1.29, 1.82) is 0 Å². The summed E-state index contributed by atoms with van der Waals surface area (Å²) in [5.74, 6) is -0.527. The molecule has 1 heterocycles. The lowest BCUT2D eigenvalue weighted by Gasteiger charge is -2.28. The number of rotatable bonds is 5. The highest BCUT2D eigenvalue weighted by Crippen LogP contribution is 2.04. The Balaban J connectivity index is 2.71. The number of nitrogens with zero attached hydrogens (tertiary/aromatic N) is 1. The number of aromatic amines is 1. The van der Waals surface area contributed by atoms with Gasteiger partial charge in [-0.25, -0.2) is 0 Å². The second kappa shape index (κ2) is 4.87. The minimum Gasteiger partial charge on any atom is -0.394 e. The molecule has 0 saturated heterocycles. The number of hydrogen-bond donors (Lipinski definition) is 5. The second-order valence-corrected chi connectivity index (χ2v) is 3.20. The SMILES string of the molecule is O=C(NC(CO)(CO)CO)c1cn[nH]c1. The Hall–Kier alpha value is -1.44. The van der Waals surface area contributed by atoms with Gasteiger partial charge < -0.3 is 20.6 Å². The number of aliphatic hydroxyl groups is 3. The molecule has 0 aliphatic carbocycles. The molecule has 15 heavy (non-hydrogen) atoms. The molecule has 7 heteroatoms. The number of nitrogens with one attached hydrogen (secondary N) is 2. The van der Waals surface area contributed by atoms with Crippen LogP contribution in [0.1, 0.15) is 10.4 Å². The van der Waals surface area contributed by atoms with Gasteiger partial charge in [-0.05, 0) is 0 Å². The van der Waals surface area contributed by atoms with Crippen LogP contribution < -0.4 is 5.32 Å². The van der Waals surface area contributed by atoms with E-state index in [2.05, 4.69) is 15.5 Å². The first kappa shape index (κ1) is 11.6. The zero-order valence-electron chi connectivity index (χ0n) is 7.97. The van der Waals surface area contributed by atoms with Crippen molar-refractivity contribution in [3.05, 3.63) is 18.0 Å². The summed E-state index contributed by atoms with van der Waals surface area (Å²) in [7, 11) is 0. The van der Waals surface area contributed by atoms with Gasteiger partial charge in [0.25, 0.3) is 5.91 Å². The maximum absolute atomic E-state index is 11.5. The monoisotopic (exact) mass is 215 g/mol. The summed E-state index contributed by atoms with van der Waals surface area (Å²) in [6, 6.07) is 0. The molecule has 84 valence electrons. The molecule has 0 unspecified atom stereocenters. The number of hydrogen-bond acceptors (Lipinski definition) is 5. The van der Waals surface area contributed by atoms with E-state index in [0.29, 0.717) is 0 Å². The summed E-state index contributed by atoms with van der Waals surface area (Å²) >= 11 is 0. The molecule has 1 amide bonds. The highest BCUT2D eigenvalue weighted by molar-refractivity contribution is 5.94. The molecule has 0 atom stereocenters. The van der Waals surface area contributed by atoms with Crippen LogP contribution in [0.2, 0.25) is 0 Å². The van der Waals surface area contributed by atoms with Crippen LogP contribution in [-0.2, 0) is 0 Å². The Morgan fingerprint density at radius 3 is 2.40 bits per heavy atom. The maximum Gasteiger partial charge on any atom is 0.255 e. The van der Waals surface area contributed by atoms with Crippen molar-refractivity contribution < 1.29 is 20.1 Å².